The van der Waals surface area contributed by atoms with E-state index in [-0.39, 0.29) is 31.1 Å². The predicted octanol–water partition coefficient (Wildman–Crippen LogP) is 16.3. The highest BCUT2D eigenvalue weighted by molar-refractivity contribution is 5.71. The first-order chi connectivity index (χ1) is 29.0. The van der Waals surface area contributed by atoms with Crippen molar-refractivity contribution in [2.45, 2.75) is 258 Å². The summed E-state index contributed by atoms with van der Waals surface area (Å²) in [6, 6.07) is 0. The summed E-state index contributed by atoms with van der Waals surface area (Å²) in [5.41, 5.74) is 0. The van der Waals surface area contributed by atoms with Gasteiger partial charge in [0.05, 0.1) is 0 Å². The third-order valence-corrected chi connectivity index (χ3v) is 10.8. The van der Waals surface area contributed by atoms with Gasteiger partial charge in [0, 0.05) is 19.3 Å². The highest BCUT2D eigenvalue weighted by Crippen LogP contribution is 2.14. The fourth-order valence-electron chi connectivity index (χ4n) is 6.92. The van der Waals surface area contributed by atoms with Crippen molar-refractivity contribution in [3.8, 4) is 0 Å². The lowest BCUT2D eigenvalue weighted by atomic mass is 10.1. The molecule has 1 atom stereocenters. The molecule has 342 valence electrons. The zero-order chi connectivity index (χ0) is 43.0. The molecule has 6 heteroatoms. The number of hydrogen-bond acceptors (Lipinski definition) is 6. The summed E-state index contributed by atoms with van der Waals surface area (Å²) in [5.74, 6) is -0.908. The molecule has 0 N–H and O–H groups in total. The minimum Gasteiger partial charge on any atom is -0.462 e. The van der Waals surface area contributed by atoms with Crippen molar-refractivity contribution in [1.82, 2.24) is 0 Å². The second-order valence-corrected chi connectivity index (χ2v) is 16.7. The Hall–Kier alpha value is -2.63. The van der Waals surface area contributed by atoms with Crippen molar-refractivity contribution in [3.05, 3.63) is 48.6 Å². The summed E-state index contributed by atoms with van der Waals surface area (Å²) >= 11 is 0. The molecule has 0 saturated heterocycles. The van der Waals surface area contributed by atoms with Crippen LogP contribution in [0.15, 0.2) is 48.6 Å². The SMILES string of the molecule is CCCC/C=C\CCCCCCCC(=O)OC[C@@H](COC(=O)CCCCCCCCC/C=C\CCCCCC)OC(=O)CCCCCCC/C=C\C/C=C\CCCCC. The quantitative estimate of drug-likeness (QED) is 0.0263. The highest BCUT2D eigenvalue weighted by Gasteiger charge is 2.19. The number of esters is 3. The van der Waals surface area contributed by atoms with Crippen molar-refractivity contribution in [1.29, 1.82) is 0 Å². The number of allylic oxidation sites excluding steroid dienone is 8. The predicted molar refractivity (Wildman–Crippen MR) is 252 cm³/mol. The van der Waals surface area contributed by atoms with Gasteiger partial charge < -0.3 is 14.2 Å². The Morgan fingerprint density at radius 3 is 1.03 bits per heavy atom. The van der Waals surface area contributed by atoms with Gasteiger partial charge in [-0.25, -0.2) is 0 Å². The summed E-state index contributed by atoms with van der Waals surface area (Å²) in [4.78, 5) is 37.9. The third-order valence-electron chi connectivity index (χ3n) is 10.8. The van der Waals surface area contributed by atoms with E-state index in [9.17, 15) is 14.4 Å². The van der Waals surface area contributed by atoms with E-state index in [0.717, 1.165) is 89.9 Å². The zero-order valence-corrected chi connectivity index (χ0v) is 39.0. The molecule has 0 aromatic carbocycles. The van der Waals surface area contributed by atoms with Gasteiger partial charge in [-0.2, -0.15) is 0 Å². The summed E-state index contributed by atoms with van der Waals surface area (Å²) in [5, 5.41) is 0. The van der Waals surface area contributed by atoms with Gasteiger partial charge in [0.1, 0.15) is 13.2 Å². The molecule has 0 aromatic rings. The normalized spacial score (nSPS) is 12.4. The van der Waals surface area contributed by atoms with E-state index in [1.807, 2.05) is 0 Å². The first-order valence-corrected chi connectivity index (χ1v) is 25.1. The maximum absolute atomic E-state index is 12.8. The second kappa shape index (κ2) is 48.0. The molecule has 0 aliphatic rings. The van der Waals surface area contributed by atoms with Gasteiger partial charge in [-0.15, -0.1) is 0 Å². The van der Waals surface area contributed by atoms with Crippen molar-refractivity contribution in [3.63, 3.8) is 0 Å². The molecule has 0 fully saturated rings. The standard InChI is InChI=1S/C53H94O6/c1-4-7-10-13-16-19-22-24-26-28-31-34-37-40-43-46-52(55)58-49-50(48-57-51(54)45-42-39-36-33-30-21-18-15-12-9-6-3)59-53(56)47-44-41-38-35-32-29-27-25-23-20-17-14-11-8-5-2/h15,17-20,22,25,27,50H,4-14,16,21,23-24,26,28-49H2,1-3H3/b18-15-,20-17-,22-19-,27-25-/t50-/m0/s1. The van der Waals surface area contributed by atoms with Crippen molar-refractivity contribution in [2.75, 3.05) is 13.2 Å². The summed E-state index contributed by atoms with van der Waals surface area (Å²) in [6.07, 6.45) is 56.6. The van der Waals surface area contributed by atoms with Crippen LogP contribution in [0.3, 0.4) is 0 Å². The number of carbonyl (C=O) groups excluding carboxylic acids is 3. The molecule has 0 aromatic heterocycles. The van der Waals surface area contributed by atoms with E-state index in [1.54, 1.807) is 0 Å². The molecular weight excluding hydrogens is 733 g/mol. The Morgan fingerprint density at radius 2 is 0.627 bits per heavy atom. The maximum atomic E-state index is 12.8. The van der Waals surface area contributed by atoms with Crippen LogP contribution < -0.4 is 0 Å². The number of ether oxygens (including phenoxy) is 3. The van der Waals surface area contributed by atoms with Gasteiger partial charge in [0.25, 0.3) is 0 Å². The fourth-order valence-corrected chi connectivity index (χ4v) is 6.92. The smallest absolute Gasteiger partial charge is 0.306 e. The molecule has 0 radical (unpaired) electrons. The third kappa shape index (κ3) is 46.3. The number of carbonyl (C=O) groups is 3. The Bertz CT molecular complexity index is 1040. The van der Waals surface area contributed by atoms with Crippen LogP contribution in [0.4, 0.5) is 0 Å². The largest absolute Gasteiger partial charge is 0.462 e. The topological polar surface area (TPSA) is 78.9 Å². The van der Waals surface area contributed by atoms with Crippen LogP contribution in [-0.2, 0) is 28.6 Å². The molecule has 6 nitrogen and oxygen atoms in total. The molecule has 0 bridgehead atoms. The summed E-state index contributed by atoms with van der Waals surface area (Å²) in [6.45, 7) is 6.54. The van der Waals surface area contributed by atoms with Crippen LogP contribution in [0.1, 0.15) is 252 Å². The van der Waals surface area contributed by atoms with Crippen LogP contribution in [0.25, 0.3) is 0 Å². The molecule has 0 aliphatic carbocycles. The fraction of sp³-hybridized carbons (Fsp3) is 0.792. The van der Waals surface area contributed by atoms with Crippen molar-refractivity contribution < 1.29 is 28.6 Å². The minimum atomic E-state index is -0.783. The molecule has 0 heterocycles. The van der Waals surface area contributed by atoms with Gasteiger partial charge in [-0.1, -0.05) is 185 Å². The van der Waals surface area contributed by atoms with E-state index in [1.165, 1.54) is 122 Å². The Morgan fingerprint density at radius 1 is 0.339 bits per heavy atom. The van der Waals surface area contributed by atoms with Gasteiger partial charge in [0.2, 0.25) is 0 Å². The van der Waals surface area contributed by atoms with E-state index in [2.05, 4.69) is 69.4 Å². The van der Waals surface area contributed by atoms with Crippen LogP contribution >= 0.6 is 0 Å². The first kappa shape index (κ1) is 56.4. The molecule has 59 heavy (non-hydrogen) atoms. The van der Waals surface area contributed by atoms with E-state index >= 15 is 0 Å². The molecule has 0 unspecified atom stereocenters. The molecular formula is C53H94O6. The number of unbranched alkanes of at least 4 members (excludes halogenated alkanes) is 26. The summed E-state index contributed by atoms with van der Waals surface area (Å²) < 4.78 is 16.7. The van der Waals surface area contributed by atoms with Crippen LogP contribution in [-0.4, -0.2) is 37.2 Å². The molecule has 0 spiro atoms. The van der Waals surface area contributed by atoms with Crippen LogP contribution in [0, 0.1) is 0 Å². The lowest BCUT2D eigenvalue weighted by molar-refractivity contribution is -0.167. The van der Waals surface area contributed by atoms with Crippen LogP contribution in [0.2, 0.25) is 0 Å². The van der Waals surface area contributed by atoms with Crippen molar-refractivity contribution >= 4 is 17.9 Å². The Balaban J connectivity index is 4.40. The zero-order valence-electron chi connectivity index (χ0n) is 39.0. The second-order valence-electron chi connectivity index (χ2n) is 16.7. The van der Waals surface area contributed by atoms with Crippen LogP contribution in [0.5, 0.6) is 0 Å². The lowest BCUT2D eigenvalue weighted by Crippen LogP contribution is -2.30. The summed E-state index contributed by atoms with van der Waals surface area (Å²) in [7, 11) is 0. The van der Waals surface area contributed by atoms with Gasteiger partial charge in [-0.05, 0) is 96.3 Å². The van der Waals surface area contributed by atoms with E-state index in [0.29, 0.717) is 19.3 Å². The van der Waals surface area contributed by atoms with Gasteiger partial charge in [-0.3, -0.25) is 14.4 Å². The van der Waals surface area contributed by atoms with Crippen molar-refractivity contribution in [2.24, 2.45) is 0 Å². The minimum absolute atomic E-state index is 0.0832. The average molecular weight is 827 g/mol. The number of hydrogen-bond donors (Lipinski definition) is 0. The maximum Gasteiger partial charge on any atom is 0.306 e. The monoisotopic (exact) mass is 827 g/mol. The number of rotatable bonds is 45. The van der Waals surface area contributed by atoms with Gasteiger partial charge in [0.15, 0.2) is 6.10 Å². The molecule has 0 amide bonds. The van der Waals surface area contributed by atoms with E-state index < -0.39 is 6.10 Å². The average Bonchev–Trinajstić information content (AvgIpc) is 3.23. The van der Waals surface area contributed by atoms with E-state index in [4.69, 9.17) is 14.2 Å². The Kier molecular flexibility index (Phi) is 45.9. The molecule has 0 rings (SSSR count). The Labute approximate surface area is 365 Å². The lowest BCUT2D eigenvalue weighted by Gasteiger charge is -2.18. The van der Waals surface area contributed by atoms with Gasteiger partial charge >= 0.3 is 17.9 Å². The highest BCUT2D eigenvalue weighted by atomic mass is 16.6. The first-order valence-electron chi connectivity index (χ1n) is 25.1. The molecule has 0 aliphatic heterocycles. The molecule has 0 saturated carbocycles.